The summed E-state index contributed by atoms with van der Waals surface area (Å²) in [7, 11) is 0. The minimum atomic E-state index is -0.0482. The van der Waals surface area contributed by atoms with Crippen LogP contribution in [0.15, 0.2) is 46.9 Å². The lowest BCUT2D eigenvalue weighted by Gasteiger charge is -2.15. The molecule has 2 N–H and O–H groups in total. The zero-order chi connectivity index (χ0) is 15.2. The van der Waals surface area contributed by atoms with Gasteiger partial charge < -0.3 is 15.2 Å². The normalized spacial score (nSPS) is 12.0. The zero-order valence-electron chi connectivity index (χ0n) is 12.3. The van der Waals surface area contributed by atoms with Crippen molar-refractivity contribution < 1.29 is 9.47 Å². The molecule has 0 aromatic heterocycles. The van der Waals surface area contributed by atoms with Gasteiger partial charge in [-0.05, 0) is 49.7 Å². The first-order chi connectivity index (χ1) is 10.1. The number of aryl methyl sites for hydroxylation is 1. The molecule has 0 saturated carbocycles. The Kier molecular flexibility index (Phi) is 5.65. The molecule has 0 bridgehead atoms. The Morgan fingerprint density at radius 2 is 1.71 bits per heavy atom. The van der Waals surface area contributed by atoms with Gasteiger partial charge in [-0.1, -0.05) is 28.1 Å². The Morgan fingerprint density at radius 3 is 2.38 bits per heavy atom. The van der Waals surface area contributed by atoms with E-state index in [1.807, 2.05) is 56.3 Å². The molecule has 0 aliphatic rings. The number of benzene rings is 2. The Bertz CT molecular complexity index is 582. The summed E-state index contributed by atoms with van der Waals surface area (Å²) in [4.78, 5) is 0. The number of hydrogen-bond acceptors (Lipinski definition) is 3. The molecule has 0 radical (unpaired) electrons. The molecule has 0 unspecified atom stereocenters. The largest absolute Gasteiger partial charge is 0.490 e. The van der Waals surface area contributed by atoms with Crippen molar-refractivity contribution in [3.63, 3.8) is 0 Å². The Labute approximate surface area is 134 Å². The molecule has 2 aromatic rings. The van der Waals surface area contributed by atoms with E-state index in [1.54, 1.807) is 0 Å². The first kappa shape index (κ1) is 15.9. The highest BCUT2D eigenvalue weighted by atomic mass is 79.9. The fourth-order valence-electron chi connectivity index (χ4n) is 1.98. The van der Waals surface area contributed by atoms with Crippen LogP contribution in [0.5, 0.6) is 11.5 Å². The Hall–Kier alpha value is -1.52. The highest BCUT2D eigenvalue weighted by Gasteiger charge is 2.08. The maximum atomic E-state index is 5.96. The molecule has 112 valence electrons. The van der Waals surface area contributed by atoms with Crippen LogP contribution < -0.4 is 15.2 Å². The van der Waals surface area contributed by atoms with Gasteiger partial charge in [-0.2, -0.15) is 0 Å². The Morgan fingerprint density at radius 1 is 1.05 bits per heavy atom. The molecule has 4 heteroatoms. The predicted octanol–water partition coefficient (Wildman–Crippen LogP) is 4.24. The molecule has 0 amide bonds. The smallest absolute Gasteiger partial charge is 0.124 e. The summed E-state index contributed by atoms with van der Waals surface area (Å²) >= 11 is 3.39. The van der Waals surface area contributed by atoms with Gasteiger partial charge in [0, 0.05) is 16.1 Å². The van der Waals surface area contributed by atoms with E-state index >= 15 is 0 Å². The minimum absolute atomic E-state index is 0.0482. The van der Waals surface area contributed by atoms with Gasteiger partial charge in [0.2, 0.25) is 0 Å². The third kappa shape index (κ3) is 4.76. The second-order valence-electron chi connectivity index (χ2n) is 4.98. The summed E-state index contributed by atoms with van der Waals surface area (Å²) in [6.45, 7) is 4.97. The molecule has 0 fully saturated rings. The fraction of sp³-hybridized carbons (Fsp3) is 0.294. The predicted molar refractivity (Wildman–Crippen MR) is 88.9 cm³/mol. The van der Waals surface area contributed by atoms with E-state index in [0.29, 0.717) is 13.2 Å². The van der Waals surface area contributed by atoms with Crippen LogP contribution in [0.25, 0.3) is 0 Å². The number of halogens is 1. The molecule has 21 heavy (non-hydrogen) atoms. The van der Waals surface area contributed by atoms with Crippen LogP contribution >= 0.6 is 15.9 Å². The average Bonchev–Trinajstić information content (AvgIpc) is 2.45. The third-order valence-electron chi connectivity index (χ3n) is 3.08. The lowest BCUT2D eigenvalue weighted by atomic mass is 10.1. The van der Waals surface area contributed by atoms with Crippen molar-refractivity contribution in [3.05, 3.63) is 58.1 Å². The van der Waals surface area contributed by atoms with Crippen molar-refractivity contribution in [3.8, 4) is 11.5 Å². The van der Waals surface area contributed by atoms with Crippen LogP contribution in [-0.2, 0) is 0 Å². The summed E-state index contributed by atoms with van der Waals surface area (Å²) in [5.74, 6) is 1.67. The highest BCUT2D eigenvalue weighted by Crippen LogP contribution is 2.25. The summed E-state index contributed by atoms with van der Waals surface area (Å²) < 4.78 is 12.5. The zero-order valence-corrected chi connectivity index (χ0v) is 13.9. The number of rotatable bonds is 6. The topological polar surface area (TPSA) is 44.5 Å². The van der Waals surface area contributed by atoms with Crippen molar-refractivity contribution in [2.75, 3.05) is 13.2 Å². The van der Waals surface area contributed by atoms with Crippen molar-refractivity contribution in [1.29, 1.82) is 0 Å². The quantitative estimate of drug-likeness (QED) is 0.793. The molecular weight excluding hydrogens is 330 g/mol. The highest BCUT2D eigenvalue weighted by molar-refractivity contribution is 9.10. The van der Waals surface area contributed by atoms with Gasteiger partial charge in [-0.15, -0.1) is 0 Å². The molecule has 0 spiro atoms. The summed E-state index contributed by atoms with van der Waals surface area (Å²) in [5.41, 5.74) is 8.13. The molecule has 0 saturated heterocycles. The average molecular weight is 350 g/mol. The van der Waals surface area contributed by atoms with Gasteiger partial charge in [-0.25, -0.2) is 0 Å². The van der Waals surface area contributed by atoms with Crippen LogP contribution in [0.4, 0.5) is 0 Å². The summed E-state index contributed by atoms with van der Waals surface area (Å²) in [6.07, 6.45) is 0. The van der Waals surface area contributed by atoms with Gasteiger partial charge in [0.25, 0.3) is 0 Å². The minimum Gasteiger partial charge on any atom is -0.490 e. The molecule has 2 rings (SSSR count). The van der Waals surface area contributed by atoms with Crippen molar-refractivity contribution in [2.24, 2.45) is 5.73 Å². The molecule has 0 heterocycles. The molecule has 1 atom stereocenters. The lowest BCUT2D eigenvalue weighted by molar-refractivity contribution is 0.215. The van der Waals surface area contributed by atoms with Crippen LogP contribution in [-0.4, -0.2) is 13.2 Å². The fourth-order valence-corrected chi connectivity index (χ4v) is 2.25. The van der Waals surface area contributed by atoms with Gasteiger partial charge in [0.1, 0.15) is 24.7 Å². The van der Waals surface area contributed by atoms with E-state index in [9.17, 15) is 0 Å². The maximum absolute atomic E-state index is 5.96. The Balaban J connectivity index is 1.88. The molecule has 0 aliphatic carbocycles. The van der Waals surface area contributed by atoms with E-state index in [1.165, 1.54) is 0 Å². The monoisotopic (exact) mass is 349 g/mol. The first-order valence-corrected chi connectivity index (χ1v) is 7.73. The summed E-state index contributed by atoms with van der Waals surface area (Å²) in [6, 6.07) is 13.8. The van der Waals surface area contributed by atoms with Gasteiger partial charge in [0.15, 0.2) is 0 Å². The standard InChI is InChI=1S/C17H20BrNO2/c1-12-3-8-16(13(2)19)17(11-12)21-10-9-20-15-6-4-14(18)5-7-15/h3-8,11,13H,9-10,19H2,1-2H3/t13-/m0/s1. The summed E-state index contributed by atoms with van der Waals surface area (Å²) in [5, 5.41) is 0. The van der Waals surface area contributed by atoms with E-state index in [2.05, 4.69) is 15.9 Å². The van der Waals surface area contributed by atoms with Crippen LogP contribution in [0, 0.1) is 6.92 Å². The van der Waals surface area contributed by atoms with E-state index in [4.69, 9.17) is 15.2 Å². The number of nitrogens with two attached hydrogens (primary N) is 1. The molecule has 2 aromatic carbocycles. The number of ether oxygens (including phenoxy) is 2. The van der Waals surface area contributed by atoms with Crippen molar-refractivity contribution in [1.82, 2.24) is 0 Å². The van der Waals surface area contributed by atoms with E-state index in [-0.39, 0.29) is 6.04 Å². The SMILES string of the molecule is Cc1ccc([C@H](C)N)c(OCCOc2ccc(Br)cc2)c1. The van der Waals surface area contributed by atoms with Crippen LogP contribution in [0.1, 0.15) is 24.1 Å². The van der Waals surface area contributed by atoms with Crippen molar-refractivity contribution >= 4 is 15.9 Å². The third-order valence-corrected chi connectivity index (χ3v) is 3.61. The van der Waals surface area contributed by atoms with E-state index in [0.717, 1.165) is 27.1 Å². The van der Waals surface area contributed by atoms with Crippen molar-refractivity contribution in [2.45, 2.75) is 19.9 Å². The first-order valence-electron chi connectivity index (χ1n) is 6.93. The molecular formula is C17H20BrNO2. The van der Waals surface area contributed by atoms with Gasteiger partial charge in [-0.3, -0.25) is 0 Å². The molecule has 3 nitrogen and oxygen atoms in total. The second kappa shape index (κ2) is 7.48. The van der Waals surface area contributed by atoms with Gasteiger partial charge >= 0.3 is 0 Å². The second-order valence-corrected chi connectivity index (χ2v) is 5.90. The maximum Gasteiger partial charge on any atom is 0.124 e. The van der Waals surface area contributed by atoms with Gasteiger partial charge in [0.05, 0.1) is 0 Å². The lowest BCUT2D eigenvalue weighted by Crippen LogP contribution is -2.12. The van der Waals surface area contributed by atoms with Crippen LogP contribution in [0.3, 0.4) is 0 Å². The molecule has 0 aliphatic heterocycles. The van der Waals surface area contributed by atoms with E-state index < -0.39 is 0 Å². The van der Waals surface area contributed by atoms with Crippen LogP contribution in [0.2, 0.25) is 0 Å². The number of hydrogen-bond donors (Lipinski definition) is 1.